The van der Waals surface area contributed by atoms with Crippen LogP contribution in [-0.4, -0.2) is 59.6 Å². The fraction of sp³-hybridized carbons (Fsp3) is 0.500. The van der Waals surface area contributed by atoms with E-state index < -0.39 is 16.1 Å². The van der Waals surface area contributed by atoms with Crippen LogP contribution >= 0.6 is 11.3 Å². The van der Waals surface area contributed by atoms with Crippen molar-refractivity contribution in [1.29, 1.82) is 0 Å². The van der Waals surface area contributed by atoms with Gasteiger partial charge in [0.1, 0.15) is 6.04 Å². The highest BCUT2D eigenvalue weighted by molar-refractivity contribution is 7.88. The summed E-state index contributed by atoms with van der Waals surface area (Å²) in [5.74, 6) is 0.637. The number of rotatable bonds is 3. The second-order valence-corrected chi connectivity index (χ2v) is 8.51. The predicted octanol–water partition coefficient (Wildman–Crippen LogP) is 1.29. The van der Waals surface area contributed by atoms with Crippen molar-refractivity contribution in [3.05, 3.63) is 34.1 Å². The van der Waals surface area contributed by atoms with Gasteiger partial charge in [-0.1, -0.05) is 11.2 Å². The van der Waals surface area contributed by atoms with E-state index in [0.29, 0.717) is 30.2 Å². The molecule has 2 aromatic rings. The Bertz CT molecular complexity index is 816. The molecule has 0 bridgehead atoms. The van der Waals surface area contributed by atoms with Gasteiger partial charge in [-0.2, -0.15) is 9.29 Å². The highest BCUT2D eigenvalue weighted by Crippen LogP contribution is 2.28. The van der Waals surface area contributed by atoms with Crippen molar-refractivity contribution >= 4 is 27.3 Å². The highest BCUT2D eigenvalue weighted by atomic mass is 32.2. The normalized spacial score (nSPS) is 20.1. The molecule has 1 amide bonds. The molecule has 1 aliphatic rings. The first-order valence-electron chi connectivity index (χ1n) is 7.46. The lowest BCUT2D eigenvalue weighted by Gasteiger charge is -2.24. The van der Waals surface area contributed by atoms with Gasteiger partial charge in [0.05, 0.1) is 11.1 Å². The third-order valence-corrected chi connectivity index (χ3v) is 6.03. The fourth-order valence-electron chi connectivity index (χ4n) is 2.76. The Morgan fingerprint density at radius 2 is 2.17 bits per heavy atom. The van der Waals surface area contributed by atoms with Crippen molar-refractivity contribution in [3.8, 4) is 0 Å². The molecule has 1 saturated heterocycles. The molecule has 0 N–H and O–H groups in total. The highest BCUT2D eigenvalue weighted by Gasteiger charge is 2.36. The number of thiophene rings is 1. The quantitative estimate of drug-likeness (QED) is 0.808. The summed E-state index contributed by atoms with van der Waals surface area (Å²) in [6.07, 6.45) is 1.56. The maximum Gasteiger partial charge on any atom is 0.263 e. The molecule has 0 aromatic carbocycles. The second kappa shape index (κ2) is 6.61. The Morgan fingerprint density at radius 1 is 1.38 bits per heavy atom. The third-order valence-electron chi connectivity index (χ3n) is 3.88. The van der Waals surface area contributed by atoms with Crippen LogP contribution in [0.15, 0.2) is 22.0 Å². The van der Waals surface area contributed by atoms with Gasteiger partial charge >= 0.3 is 0 Å². The van der Waals surface area contributed by atoms with E-state index in [1.807, 2.05) is 11.4 Å². The SMILES string of the molecule is Cc1noc(C2CCN(C(=O)c3cccs3)CCN2S(C)(=O)=O)n1. The minimum Gasteiger partial charge on any atom is -0.338 e. The Kier molecular flexibility index (Phi) is 4.70. The summed E-state index contributed by atoms with van der Waals surface area (Å²) in [6, 6.07) is 3.04. The van der Waals surface area contributed by atoms with Crippen molar-refractivity contribution in [2.24, 2.45) is 0 Å². The first kappa shape index (κ1) is 17.1. The van der Waals surface area contributed by atoms with Crippen LogP contribution < -0.4 is 0 Å². The monoisotopic (exact) mass is 370 g/mol. The smallest absolute Gasteiger partial charge is 0.263 e. The van der Waals surface area contributed by atoms with E-state index in [4.69, 9.17) is 4.52 Å². The van der Waals surface area contributed by atoms with Gasteiger partial charge in [-0.05, 0) is 24.8 Å². The number of carbonyl (C=O) groups excluding carboxylic acids is 1. The summed E-state index contributed by atoms with van der Waals surface area (Å²) < 4.78 is 30.9. The van der Waals surface area contributed by atoms with Gasteiger partial charge in [-0.15, -0.1) is 11.3 Å². The summed E-state index contributed by atoms with van der Waals surface area (Å²) in [4.78, 5) is 19.0. The van der Waals surface area contributed by atoms with Crippen LogP contribution in [0.3, 0.4) is 0 Å². The maximum absolute atomic E-state index is 12.5. The van der Waals surface area contributed by atoms with Crippen molar-refractivity contribution < 1.29 is 17.7 Å². The zero-order chi connectivity index (χ0) is 17.3. The van der Waals surface area contributed by atoms with Crippen molar-refractivity contribution in [2.45, 2.75) is 19.4 Å². The zero-order valence-corrected chi connectivity index (χ0v) is 15.0. The van der Waals surface area contributed by atoms with Gasteiger partial charge in [0.25, 0.3) is 5.91 Å². The number of aryl methyl sites for hydroxylation is 1. The van der Waals surface area contributed by atoms with Crippen LogP contribution in [0.4, 0.5) is 0 Å². The van der Waals surface area contributed by atoms with E-state index in [9.17, 15) is 13.2 Å². The largest absolute Gasteiger partial charge is 0.338 e. The second-order valence-electron chi connectivity index (χ2n) is 5.63. The van der Waals surface area contributed by atoms with Crippen LogP contribution in [0, 0.1) is 6.92 Å². The maximum atomic E-state index is 12.5. The van der Waals surface area contributed by atoms with Gasteiger partial charge in [0, 0.05) is 19.6 Å². The van der Waals surface area contributed by atoms with E-state index in [0.717, 1.165) is 6.26 Å². The summed E-state index contributed by atoms with van der Waals surface area (Å²) in [7, 11) is -3.47. The number of carbonyl (C=O) groups is 1. The molecular formula is C14H18N4O4S2. The van der Waals surface area contributed by atoms with Crippen LogP contribution in [0.1, 0.15) is 33.8 Å². The lowest BCUT2D eigenvalue weighted by Crippen LogP contribution is -2.37. The number of nitrogens with zero attached hydrogens (tertiary/aromatic N) is 4. The standard InChI is InChI=1S/C14H18N4O4S2/c1-10-15-13(22-16-10)11-5-6-17(7-8-18(11)24(2,20)21)14(19)12-4-3-9-23-12/h3-4,9,11H,5-8H2,1-2H3. The molecule has 3 rings (SSSR count). The van der Waals surface area contributed by atoms with Crippen LogP contribution in [0.5, 0.6) is 0 Å². The number of amides is 1. The molecule has 10 heteroatoms. The molecule has 1 fully saturated rings. The summed E-state index contributed by atoms with van der Waals surface area (Å²) in [5.41, 5.74) is 0. The molecule has 8 nitrogen and oxygen atoms in total. The summed E-state index contributed by atoms with van der Waals surface area (Å²) in [6.45, 7) is 2.63. The van der Waals surface area contributed by atoms with Gasteiger partial charge in [-0.25, -0.2) is 8.42 Å². The van der Waals surface area contributed by atoms with Gasteiger partial charge in [0.15, 0.2) is 5.82 Å². The molecule has 0 radical (unpaired) electrons. The number of hydrogen-bond acceptors (Lipinski definition) is 7. The van der Waals surface area contributed by atoms with Gasteiger partial charge in [-0.3, -0.25) is 4.79 Å². The molecule has 24 heavy (non-hydrogen) atoms. The van der Waals surface area contributed by atoms with E-state index in [-0.39, 0.29) is 18.3 Å². The molecule has 2 aromatic heterocycles. The van der Waals surface area contributed by atoms with Crippen LogP contribution in [0.2, 0.25) is 0 Å². The van der Waals surface area contributed by atoms with Crippen molar-refractivity contribution in [3.63, 3.8) is 0 Å². The minimum atomic E-state index is -3.47. The fourth-order valence-corrected chi connectivity index (χ4v) is 4.52. The van der Waals surface area contributed by atoms with Crippen molar-refractivity contribution in [2.75, 3.05) is 25.9 Å². The molecule has 0 saturated carbocycles. The zero-order valence-electron chi connectivity index (χ0n) is 13.4. The van der Waals surface area contributed by atoms with E-state index in [2.05, 4.69) is 10.1 Å². The molecule has 1 atom stereocenters. The topological polar surface area (TPSA) is 96.6 Å². The Labute approximate surface area is 144 Å². The lowest BCUT2D eigenvalue weighted by molar-refractivity contribution is 0.0768. The lowest BCUT2D eigenvalue weighted by atomic mass is 10.2. The minimum absolute atomic E-state index is 0.0826. The number of aromatic nitrogens is 2. The average Bonchev–Trinajstić information content (AvgIpc) is 3.13. The number of sulfonamides is 1. The number of hydrogen-bond donors (Lipinski definition) is 0. The van der Waals surface area contributed by atoms with E-state index in [1.165, 1.54) is 15.6 Å². The van der Waals surface area contributed by atoms with Crippen LogP contribution in [-0.2, 0) is 10.0 Å². The molecule has 130 valence electrons. The van der Waals surface area contributed by atoms with E-state index in [1.54, 1.807) is 17.9 Å². The molecule has 1 aliphatic heterocycles. The van der Waals surface area contributed by atoms with Gasteiger partial charge in [0.2, 0.25) is 15.9 Å². The Hall–Kier alpha value is -1.78. The van der Waals surface area contributed by atoms with Gasteiger partial charge < -0.3 is 9.42 Å². The summed E-state index contributed by atoms with van der Waals surface area (Å²) >= 11 is 1.37. The molecule has 0 aliphatic carbocycles. The van der Waals surface area contributed by atoms with Crippen molar-refractivity contribution in [1.82, 2.24) is 19.3 Å². The Morgan fingerprint density at radius 3 is 2.75 bits per heavy atom. The third kappa shape index (κ3) is 3.50. The molecule has 1 unspecified atom stereocenters. The predicted molar refractivity (Wildman–Crippen MR) is 88.2 cm³/mol. The first-order valence-corrected chi connectivity index (χ1v) is 10.2. The molecular weight excluding hydrogens is 352 g/mol. The Balaban J connectivity index is 1.86. The van der Waals surface area contributed by atoms with Crippen LogP contribution in [0.25, 0.3) is 0 Å². The summed E-state index contributed by atoms with van der Waals surface area (Å²) in [5, 5.41) is 5.59. The molecule has 0 spiro atoms. The average molecular weight is 370 g/mol. The molecule has 3 heterocycles. The van der Waals surface area contributed by atoms with E-state index >= 15 is 0 Å². The first-order chi connectivity index (χ1) is 11.4.